The van der Waals surface area contributed by atoms with Crippen molar-refractivity contribution in [3.63, 3.8) is 0 Å². The maximum Gasteiger partial charge on any atom is 0.251 e. The van der Waals surface area contributed by atoms with Gasteiger partial charge in [0.2, 0.25) is 5.91 Å². The van der Waals surface area contributed by atoms with E-state index in [-0.39, 0.29) is 17.9 Å². The lowest BCUT2D eigenvalue weighted by molar-refractivity contribution is -0.117. The summed E-state index contributed by atoms with van der Waals surface area (Å²) in [5, 5.41) is 3.25. The minimum absolute atomic E-state index is 0.0370. The Hall–Kier alpha value is -2.66. The second-order valence-electron chi connectivity index (χ2n) is 8.84. The molecule has 2 amide bonds. The highest BCUT2D eigenvalue weighted by Crippen LogP contribution is 2.28. The Balaban J connectivity index is 1.22. The molecule has 5 heteroatoms. The number of fused-ring (bicyclic) bond motifs is 1. The highest BCUT2D eigenvalue weighted by Gasteiger charge is 2.31. The number of nitrogens with one attached hydrogen (secondary N) is 1. The van der Waals surface area contributed by atoms with E-state index < -0.39 is 0 Å². The first-order chi connectivity index (χ1) is 14.7. The molecule has 2 fully saturated rings. The van der Waals surface area contributed by atoms with Crippen molar-refractivity contribution in [1.82, 2.24) is 10.2 Å². The molecule has 2 aromatic carbocycles. The van der Waals surface area contributed by atoms with Crippen LogP contribution >= 0.6 is 0 Å². The lowest BCUT2D eigenvalue weighted by Gasteiger charge is -2.37. The zero-order valence-electron chi connectivity index (χ0n) is 17.3. The van der Waals surface area contributed by atoms with Gasteiger partial charge < -0.3 is 10.2 Å². The molecule has 1 atom stereocenters. The van der Waals surface area contributed by atoms with Crippen molar-refractivity contribution in [2.24, 2.45) is 0 Å². The molecule has 2 aliphatic heterocycles. The maximum atomic E-state index is 12.9. The molecule has 0 radical (unpaired) electrons. The fourth-order valence-corrected chi connectivity index (χ4v) is 5.25. The van der Waals surface area contributed by atoms with E-state index in [1.807, 2.05) is 24.3 Å². The SMILES string of the molecule is O=C(NC1CCCN(C2Cc3ccccc3C2)C1)c1cccc(N2CCCC2=O)c1. The van der Waals surface area contributed by atoms with Gasteiger partial charge >= 0.3 is 0 Å². The molecule has 2 saturated heterocycles. The number of rotatable bonds is 4. The summed E-state index contributed by atoms with van der Waals surface area (Å²) in [5.41, 5.74) is 4.42. The molecule has 5 nitrogen and oxygen atoms in total. The zero-order valence-corrected chi connectivity index (χ0v) is 17.3. The Kier molecular flexibility index (Phi) is 5.30. The van der Waals surface area contributed by atoms with E-state index >= 15 is 0 Å². The number of benzene rings is 2. The number of anilines is 1. The van der Waals surface area contributed by atoms with E-state index in [9.17, 15) is 9.59 Å². The maximum absolute atomic E-state index is 12.9. The predicted octanol–water partition coefficient (Wildman–Crippen LogP) is 3.18. The predicted molar refractivity (Wildman–Crippen MR) is 118 cm³/mol. The molecular weight excluding hydrogens is 374 g/mol. The van der Waals surface area contributed by atoms with Crippen LogP contribution in [0.25, 0.3) is 0 Å². The van der Waals surface area contributed by atoms with Crippen LogP contribution in [0.15, 0.2) is 48.5 Å². The summed E-state index contributed by atoms with van der Waals surface area (Å²) in [5.74, 6) is 0.109. The van der Waals surface area contributed by atoms with Gasteiger partial charge in [-0.1, -0.05) is 30.3 Å². The van der Waals surface area contributed by atoms with E-state index in [4.69, 9.17) is 0 Å². The first-order valence-electron chi connectivity index (χ1n) is 11.2. The van der Waals surface area contributed by atoms with Gasteiger partial charge in [0.1, 0.15) is 0 Å². The number of hydrogen-bond acceptors (Lipinski definition) is 3. The molecule has 2 heterocycles. The van der Waals surface area contributed by atoms with E-state index in [1.54, 1.807) is 4.90 Å². The number of hydrogen-bond donors (Lipinski definition) is 1. The second kappa shape index (κ2) is 8.23. The van der Waals surface area contributed by atoms with Gasteiger partial charge in [-0.05, 0) is 68.0 Å². The third kappa shape index (κ3) is 3.86. The fraction of sp³-hybridized carbons (Fsp3) is 0.440. The van der Waals surface area contributed by atoms with Crippen LogP contribution in [-0.2, 0) is 17.6 Å². The van der Waals surface area contributed by atoms with Gasteiger partial charge in [-0.15, -0.1) is 0 Å². The van der Waals surface area contributed by atoms with Crippen LogP contribution in [0.4, 0.5) is 5.69 Å². The van der Waals surface area contributed by atoms with Crippen LogP contribution in [0.1, 0.15) is 47.2 Å². The number of amides is 2. The third-order valence-electron chi connectivity index (χ3n) is 6.83. The molecule has 0 spiro atoms. The average Bonchev–Trinajstić information content (AvgIpc) is 3.40. The van der Waals surface area contributed by atoms with E-state index in [1.165, 1.54) is 11.1 Å². The smallest absolute Gasteiger partial charge is 0.251 e. The van der Waals surface area contributed by atoms with Gasteiger partial charge in [0, 0.05) is 42.8 Å². The van der Waals surface area contributed by atoms with Crippen molar-refractivity contribution >= 4 is 17.5 Å². The Morgan fingerprint density at radius 2 is 1.77 bits per heavy atom. The van der Waals surface area contributed by atoms with Gasteiger partial charge in [0.25, 0.3) is 5.91 Å². The molecule has 1 unspecified atom stereocenters. The van der Waals surface area contributed by atoms with Crippen molar-refractivity contribution in [2.45, 2.75) is 50.6 Å². The molecule has 1 aliphatic carbocycles. The molecule has 3 aliphatic rings. The van der Waals surface area contributed by atoms with Crippen LogP contribution in [-0.4, -0.2) is 48.4 Å². The molecule has 0 aromatic heterocycles. The summed E-state index contributed by atoms with van der Waals surface area (Å²) >= 11 is 0. The summed E-state index contributed by atoms with van der Waals surface area (Å²) in [6, 6.07) is 17.0. The van der Waals surface area contributed by atoms with Crippen molar-refractivity contribution in [3.8, 4) is 0 Å². The molecule has 0 saturated carbocycles. The van der Waals surface area contributed by atoms with Crippen molar-refractivity contribution < 1.29 is 9.59 Å². The van der Waals surface area contributed by atoms with Crippen LogP contribution in [0.2, 0.25) is 0 Å². The van der Waals surface area contributed by atoms with Crippen molar-refractivity contribution in [3.05, 3.63) is 65.2 Å². The summed E-state index contributed by atoms with van der Waals surface area (Å²) in [6.07, 6.45) is 5.84. The Morgan fingerprint density at radius 1 is 0.967 bits per heavy atom. The van der Waals surface area contributed by atoms with E-state index in [0.717, 1.165) is 57.4 Å². The number of carbonyl (C=O) groups excluding carboxylic acids is 2. The first kappa shape index (κ1) is 19.3. The zero-order chi connectivity index (χ0) is 20.5. The van der Waals surface area contributed by atoms with Gasteiger partial charge in [-0.25, -0.2) is 0 Å². The molecule has 5 rings (SSSR count). The fourth-order valence-electron chi connectivity index (χ4n) is 5.25. The van der Waals surface area contributed by atoms with Crippen LogP contribution < -0.4 is 10.2 Å². The van der Waals surface area contributed by atoms with Gasteiger partial charge in [-0.2, -0.15) is 0 Å². The summed E-state index contributed by atoms with van der Waals surface area (Å²) in [4.78, 5) is 29.3. The minimum atomic E-state index is -0.0370. The monoisotopic (exact) mass is 403 g/mol. The van der Waals surface area contributed by atoms with Gasteiger partial charge in [0.15, 0.2) is 0 Å². The van der Waals surface area contributed by atoms with Gasteiger partial charge in [0.05, 0.1) is 0 Å². The van der Waals surface area contributed by atoms with E-state index in [0.29, 0.717) is 18.0 Å². The summed E-state index contributed by atoms with van der Waals surface area (Å²) in [6.45, 7) is 2.76. The molecular formula is C25H29N3O2. The van der Waals surface area contributed by atoms with Crippen LogP contribution in [0.5, 0.6) is 0 Å². The topological polar surface area (TPSA) is 52.7 Å². The van der Waals surface area contributed by atoms with E-state index in [2.05, 4.69) is 34.5 Å². The number of piperidine rings is 1. The number of carbonyl (C=O) groups is 2. The van der Waals surface area contributed by atoms with Crippen molar-refractivity contribution in [1.29, 1.82) is 0 Å². The highest BCUT2D eigenvalue weighted by molar-refractivity contribution is 5.99. The quantitative estimate of drug-likeness (QED) is 0.853. The molecule has 30 heavy (non-hydrogen) atoms. The van der Waals surface area contributed by atoms with Gasteiger partial charge in [-0.3, -0.25) is 14.5 Å². The van der Waals surface area contributed by atoms with Crippen LogP contribution in [0, 0.1) is 0 Å². The third-order valence-corrected chi connectivity index (χ3v) is 6.83. The Labute approximate surface area is 178 Å². The Morgan fingerprint density at radius 3 is 2.50 bits per heavy atom. The lowest BCUT2D eigenvalue weighted by atomic mass is 10.0. The Bertz CT molecular complexity index is 932. The lowest BCUT2D eigenvalue weighted by Crippen LogP contribution is -2.51. The second-order valence-corrected chi connectivity index (χ2v) is 8.84. The number of likely N-dealkylation sites (tertiary alicyclic amines) is 1. The molecule has 0 bridgehead atoms. The highest BCUT2D eigenvalue weighted by atomic mass is 16.2. The molecule has 156 valence electrons. The molecule has 1 N–H and O–H groups in total. The van der Waals surface area contributed by atoms with Crippen molar-refractivity contribution in [2.75, 3.05) is 24.5 Å². The number of nitrogens with zero attached hydrogens (tertiary/aromatic N) is 2. The van der Waals surface area contributed by atoms with Crippen LogP contribution in [0.3, 0.4) is 0 Å². The minimum Gasteiger partial charge on any atom is -0.348 e. The molecule has 2 aromatic rings. The average molecular weight is 404 g/mol. The summed E-state index contributed by atoms with van der Waals surface area (Å²) < 4.78 is 0. The first-order valence-corrected chi connectivity index (χ1v) is 11.2. The standard InChI is InChI=1S/C25H29N3O2/c29-24-11-5-13-28(24)22-10-3-8-20(16-22)25(30)26-21-9-4-12-27(17-21)23-14-18-6-1-2-7-19(18)15-23/h1-3,6-8,10,16,21,23H,4-5,9,11-15,17H2,(H,26,30). The largest absolute Gasteiger partial charge is 0.348 e. The normalized spacial score (nSPS) is 22.3. The summed E-state index contributed by atoms with van der Waals surface area (Å²) in [7, 11) is 0.